The molecule has 0 unspecified atom stereocenters. The predicted octanol–water partition coefficient (Wildman–Crippen LogP) is 1.29. The van der Waals surface area contributed by atoms with Gasteiger partial charge in [0.25, 0.3) is 5.91 Å². The molecule has 5 nitrogen and oxygen atoms in total. The molecule has 0 saturated heterocycles. The predicted molar refractivity (Wildman–Crippen MR) is 67.9 cm³/mol. The fourth-order valence-corrected chi connectivity index (χ4v) is 1.62. The average Bonchev–Trinajstić information content (AvgIpc) is 2.37. The first-order valence-corrected chi connectivity index (χ1v) is 5.95. The molecule has 0 saturated carbocycles. The van der Waals surface area contributed by atoms with Crippen molar-refractivity contribution >= 4 is 5.91 Å². The van der Waals surface area contributed by atoms with Crippen molar-refractivity contribution < 1.29 is 19.7 Å². The summed E-state index contributed by atoms with van der Waals surface area (Å²) in [6.07, 6.45) is 2.38. The Bertz CT molecular complexity index is 393. The first-order valence-electron chi connectivity index (χ1n) is 5.95. The first-order chi connectivity index (χ1) is 8.70. The number of rotatable bonds is 7. The molecule has 0 atom stereocenters. The zero-order chi connectivity index (χ0) is 13.4. The van der Waals surface area contributed by atoms with Gasteiger partial charge in [-0.3, -0.25) is 4.79 Å². The molecular formula is C13H19NO4. The number of nitrogens with one attached hydrogen (secondary N) is 1. The lowest BCUT2D eigenvalue weighted by Gasteiger charge is -2.10. The summed E-state index contributed by atoms with van der Waals surface area (Å²) in [5.41, 5.74) is 0.155. The van der Waals surface area contributed by atoms with Crippen molar-refractivity contribution in [1.29, 1.82) is 0 Å². The van der Waals surface area contributed by atoms with Crippen LogP contribution in [-0.4, -0.2) is 36.4 Å². The number of ether oxygens (including phenoxy) is 1. The number of aromatic hydroxyl groups is 1. The van der Waals surface area contributed by atoms with Crippen molar-refractivity contribution in [3.05, 3.63) is 23.8 Å². The van der Waals surface area contributed by atoms with Gasteiger partial charge in [0, 0.05) is 13.2 Å². The summed E-state index contributed by atoms with van der Waals surface area (Å²) in [7, 11) is 1.45. The van der Waals surface area contributed by atoms with Crippen molar-refractivity contribution in [3.63, 3.8) is 0 Å². The summed E-state index contributed by atoms with van der Waals surface area (Å²) in [4.78, 5) is 11.9. The summed E-state index contributed by atoms with van der Waals surface area (Å²) in [5.74, 6) is -0.0981. The highest BCUT2D eigenvalue weighted by atomic mass is 16.5. The number of methoxy groups -OCH3 is 1. The molecule has 3 N–H and O–H groups in total. The largest absolute Gasteiger partial charge is 0.507 e. The van der Waals surface area contributed by atoms with Gasteiger partial charge >= 0.3 is 0 Å². The lowest BCUT2D eigenvalue weighted by Crippen LogP contribution is -2.25. The second-order valence-corrected chi connectivity index (χ2v) is 3.89. The molecule has 0 aliphatic carbocycles. The van der Waals surface area contributed by atoms with Gasteiger partial charge in [0.05, 0.1) is 7.11 Å². The van der Waals surface area contributed by atoms with Crippen molar-refractivity contribution in [2.24, 2.45) is 0 Å². The Morgan fingerprint density at radius 2 is 2.11 bits per heavy atom. The Kier molecular flexibility index (Phi) is 6.00. The lowest BCUT2D eigenvalue weighted by atomic mass is 10.1. The van der Waals surface area contributed by atoms with Crippen LogP contribution in [0.2, 0.25) is 0 Å². The minimum absolute atomic E-state index is 0.0952. The maximum Gasteiger partial charge on any atom is 0.258 e. The average molecular weight is 253 g/mol. The van der Waals surface area contributed by atoms with E-state index >= 15 is 0 Å². The van der Waals surface area contributed by atoms with Crippen LogP contribution in [-0.2, 0) is 0 Å². The molecule has 0 radical (unpaired) electrons. The van der Waals surface area contributed by atoms with E-state index in [0.717, 1.165) is 19.3 Å². The van der Waals surface area contributed by atoms with Crippen LogP contribution in [0.3, 0.4) is 0 Å². The molecule has 0 spiro atoms. The van der Waals surface area contributed by atoms with Crippen LogP contribution in [0.4, 0.5) is 0 Å². The molecule has 0 aromatic heterocycles. The zero-order valence-electron chi connectivity index (χ0n) is 10.5. The summed E-state index contributed by atoms with van der Waals surface area (Å²) in [6, 6.07) is 4.69. The Morgan fingerprint density at radius 3 is 2.78 bits per heavy atom. The van der Waals surface area contributed by atoms with Crippen LogP contribution in [0.15, 0.2) is 18.2 Å². The quantitative estimate of drug-likeness (QED) is 0.640. The monoisotopic (exact) mass is 253 g/mol. The SMILES string of the molecule is COc1cccc(O)c1C(=O)NCCCCCO. The van der Waals surface area contributed by atoms with Gasteiger partial charge in [-0.2, -0.15) is 0 Å². The molecule has 5 heteroatoms. The lowest BCUT2D eigenvalue weighted by molar-refractivity contribution is 0.0947. The maximum absolute atomic E-state index is 11.9. The standard InChI is InChI=1S/C13H19NO4/c1-18-11-7-5-6-10(16)12(11)13(17)14-8-3-2-4-9-15/h5-7,15-16H,2-4,8-9H2,1H3,(H,14,17). The summed E-state index contributed by atoms with van der Waals surface area (Å²) in [5, 5.41) is 21.0. The van der Waals surface area contributed by atoms with Crippen LogP contribution < -0.4 is 10.1 Å². The van der Waals surface area contributed by atoms with Crippen LogP contribution in [0, 0.1) is 0 Å². The number of aliphatic hydroxyl groups is 1. The van der Waals surface area contributed by atoms with Crippen molar-refractivity contribution in [1.82, 2.24) is 5.32 Å². The third-order valence-electron chi connectivity index (χ3n) is 2.57. The molecule has 0 bridgehead atoms. The Hall–Kier alpha value is -1.75. The van der Waals surface area contributed by atoms with Gasteiger partial charge in [-0.05, 0) is 31.4 Å². The van der Waals surface area contributed by atoms with Gasteiger partial charge in [-0.1, -0.05) is 6.07 Å². The second kappa shape index (κ2) is 7.55. The third kappa shape index (κ3) is 3.92. The number of amides is 1. The Balaban J connectivity index is 2.56. The molecule has 1 aromatic carbocycles. The minimum atomic E-state index is -0.353. The molecule has 1 rings (SSSR count). The molecule has 0 fully saturated rings. The van der Waals surface area contributed by atoms with Crippen LogP contribution in [0.1, 0.15) is 29.6 Å². The number of hydrogen-bond donors (Lipinski definition) is 3. The molecule has 0 aliphatic heterocycles. The number of unbranched alkanes of at least 4 members (excludes halogenated alkanes) is 2. The van der Waals surface area contributed by atoms with E-state index in [2.05, 4.69) is 5.32 Å². The van der Waals surface area contributed by atoms with E-state index in [1.165, 1.54) is 13.2 Å². The van der Waals surface area contributed by atoms with Crippen LogP contribution in [0.25, 0.3) is 0 Å². The van der Waals surface area contributed by atoms with E-state index in [1.807, 2.05) is 0 Å². The van der Waals surface area contributed by atoms with Crippen LogP contribution >= 0.6 is 0 Å². The fraction of sp³-hybridized carbons (Fsp3) is 0.462. The number of phenolic OH excluding ortho intramolecular Hbond substituents is 1. The summed E-state index contributed by atoms with van der Waals surface area (Å²) in [6.45, 7) is 0.678. The minimum Gasteiger partial charge on any atom is -0.507 e. The zero-order valence-corrected chi connectivity index (χ0v) is 10.5. The smallest absolute Gasteiger partial charge is 0.258 e. The molecule has 1 aromatic rings. The normalized spacial score (nSPS) is 10.1. The number of benzene rings is 1. The summed E-state index contributed by atoms with van der Waals surface area (Å²) >= 11 is 0. The van der Waals surface area contributed by atoms with E-state index in [9.17, 15) is 9.90 Å². The summed E-state index contributed by atoms with van der Waals surface area (Å²) < 4.78 is 5.04. The number of carbonyl (C=O) groups excluding carboxylic acids is 1. The van der Waals surface area contributed by atoms with Crippen molar-refractivity contribution in [3.8, 4) is 11.5 Å². The van der Waals surface area contributed by atoms with Crippen molar-refractivity contribution in [2.45, 2.75) is 19.3 Å². The molecular weight excluding hydrogens is 234 g/mol. The maximum atomic E-state index is 11.9. The number of carbonyl (C=O) groups is 1. The van der Waals surface area contributed by atoms with E-state index < -0.39 is 0 Å². The number of hydrogen-bond acceptors (Lipinski definition) is 4. The number of aliphatic hydroxyl groups excluding tert-OH is 1. The molecule has 100 valence electrons. The van der Waals surface area contributed by atoms with Crippen molar-refractivity contribution in [2.75, 3.05) is 20.3 Å². The van der Waals surface area contributed by atoms with E-state index in [4.69, 9.17) is 9.84 Å². The molecule has 0 heterocycles. The topological polar surface area (TPSA) is 78.8 Å². The Labute approximate surface area is 106 Å². The van der Waals surface area contributed by atoms with E-state index in [1.54, 1.807) is 12.1 Å². The van der Waals surface area contributed by atoms with Gasteiger partial charge in [0.1, 0.15) is 17.1 Å². The van der Waals surface area contributed by atoms with Gasteiger partial charge in [-0.25, -0.2) is 0 Å². The highest BCUT2D eigenvalue weighted by Crippen LogP contribution is 2.26. The highest BCUT2D eigenvalue weighted by molar-refractivity contribution is 5.99. The highest BCUT2D eigenvalue weighted by Gasteiger charge is 2.16. The van der Waals surface area contributed by atoms with Gasteiger partial charge < -0.3 is 20.3 Å². The number of phenols is 1. The second-order valence-electron chi connectivity index (χ2n) is 3.89. The van der Waals surface area contributed by atoms with Gasteiger partial charge in [0.15, 0.2) is 0 Å². The van der Waals surface area contributed by atoms with Gasteiger partial charge in [0.2, 0.25) is 0 Å². The van der Waals surface area contributed by atoms with E-state index in [-0.39, 0.29) is 23.8 Å². The molecule has 18 heavy (non-hydrogen) atoms. The fourth-order valence-electron chi connectivity index (χ4n) is 1.62. The van der Waals surface area contributed by atoms with E-state index in [0.29, 0.717) is 12.3 Å². The van der Waals surface area contributed by atoms with Gasteiger partial charge in [-0.15, -0.1) is 0 Å². The molecule has 0 aliphatic rings. The third-order valence-corrected chi connectivity index (χ3v) is 2.57. The van der Waals surface area contributed by atoms with Crippen LogP contribution in [0.5, 0.6) is 11.5 Å². The first kappa shape index (κ1) is 14.3. The Morgan fingerprint density at radius 1 is 1.33 bits per heavy atom. The molecule has 1 amide bonds.